The molecule has 0 aliphatic carbocycles. The summed E-state index contributed by atoms with van der Waals surface area (Å²) in [5.41, 5.74) is 4.40. The number of hydrogen-bond acceptors (Lipinski definition) is 4. The Hall–Kier alpha value is -3.65. The van der Waals surface area contributed by atoms with Crippen molar-refractivity contribution in [3.63, 3.8) is 0 Å². The molecular weight excluding hydrogens is 336 g/mol. The van der Waals surface area contributed by atoms with Crippen molar-refractivity contribution in [2.24, 2.45) is 0 Å². The number of nitrogens with zero attached hydrogens (tertiary/aromatic N) is 3. The van der Waals surface area contributed by atoms with Gasteiger partial charge < -0.3 is 10.2 Å². The molecule has 27 heavy (non-hydrogen) atoms. The summed E-state index contributed by atoms with van der Waals surface area (Å²) in [4.78, 5) is 19.0. The maximum Gasteiger partial charge on any atom is 0.257 e. The number of nitriles is 1. The Kier molecular flexibility index (Phi) is 5.48. The van der Waals surface area contributed by atoms with Gasteiger partial charge in [0, 0.05) is 18.4 Å². The number of anilines is 3. The first-order valence-electron chi connectivity index (χ1n) is 8.72. The molecule has 0 aliphatic heterocycles. The lowest BCUT2D eigenvalue weighted by Gasteiger charge is -2.23. The highest BCUT2D eigenvalue weighted by molar-refractivity contribution is 6.05. The average molecular weight is 356 g/mol. The number of hydrogen-bond donors (Lipinski definition) is 1. The normalized spacial score (nSPS) is 10.1. The van der Waals surface area contributed by atoms with Gasteiger partial charge in [-0.25, -0.2) is 0 Å². The van der Waals surface area contributed by atoms with Gasteiger partial charge in [0.2, 0.25) is 0 Å². The van der Waals surface area contributed by atoms with Gasteiger partial charge in [-0.15, -0.1) is 0 Å². The molecule has 0 fully saturated rings. The summed E-state index contributed by atoms with van der Waals surface area (Å²) in [7, 11) is 0. The van der Waals surface area contributed by atoms with Crippen LogP contribution in [0, 0.1) is 18.3 Å². The van der Waals surface area contributed by atoms with Crippen molar-refractivity contribution < 1.29 is 4.79 Å². The third-order valence-corrected chi connectivity index (χ3v) is 4.22. The lowest BCUT2D eigenvalue weighted by atomic mass is 10.1. The molecular formula is C22H20N4O. The van der Waals surface area contributed by atoms with E-state index < -0.39 is 0 Å². The van der Waals surface area contributed by atoms with Crippen LogP contribution in [0.3, 0.4) is 0 Å². The number of nitrogens with one attached hydrogen (secondary N) is 1. The standard InChI is InChI=1S/C22H20N4O/c1-3-26(19-9-6-7-16(2)11-19)20-12-18(14-24-15-20)22(27)25-21-10-5-4-8-17(21)13-23/h4-12,14-15H,3H2,1-2H3,(H,25,27). The minimum Gasteiger partial charge on any atom is -0.340 e. The highest BCUT2D eigenvalue weighted by atomic mass is 16.1. The van der Waals surface area contributed by atoms with Crippen LogP contribution in [0.5, 0.6) is 0 Å². The third kappa shape index (κ3) is 4.13. The van der Waals surface area contributed by atoms with Crippen LogP contribution in [0.2, 0.25) is 0 Å². The molecule has 0 unspecified atom stereocenters. The highest BCUT2D eigenvalue weighted by Gasteiger charge is 2.13. The second-order valence-electron chi connectivity index (χ2n) is 6.13. The van der Waals surface area contributed by atoms with E-state index in [1.807, 2.05) is 31.2 Å². The largest absolute Gasteiger partial charge is 0.340 e. The molecule has 0 radical (unpaired) electrons. The van der Waals surface area contributed by atoms with E-state index in [9.17, 15) is 10.1 Å². The number of rotatable bonds is 5. The number of aromatic nitrogens is 1. The Morgan fingerprint density at radius 2 is 1.93 bits per heavy atom. The zero-order valence-electron chi connectivity index (χ0n) is 15.3. The van der Waals surface area contributed by atoms with Gasteiger partial charge in [0.1, 0.15) is 6.07 Å². The zero-order chi connectivity index (χ0) is 19.2. The smallest absolute Gasteiger partial charge is 0.257 e. The molecule has 5 nitrogen and oxygen atoms in total. The fourth-order valence-electron chi connectivity index (χ4n) is 2.89. The number of carbonyl (C=O) groups excluding carboxylic acids is 1. The second kappa shape index (κ2) is 8.15. The van der Waals surface area contributed by atoms with Crippen LogP contribution >= 0.6 is 0 Å². The molecule has 0 atom stereocenters. The maximum atomic E-state index is 12.7. The van der Waals surface area contributed by atoms with Gasteiger partial charge in [-0.05, 0) is 49.7 Å². The molecule has 0 aliphatic rings. The molecule has 134 valence electrons. The van der Waals surface area contributed by atoms with Crippen LogP contribution in [-0.4, -0.2) is 17.4 Å². The predicted molar refractivity (Wildman–Crippen MR) is 107 cm³/mol. The van der Waals surface area contributed by atoms with E-state index in [0.717, 1.165) is 17.9 Å². The van der Waals surface area contributed by atoms with Gasteiger partial charge in [0.05, 0.1) is 28.7 Å². The van der Waals surface area contributed by atoms with Crippen molar-refractivity contribution in [2.75, 3.05) is 16.8 Å². The fourth-order valence-corrected chi connectivity index (χ4v) is 2.89. The molecule has 2 aromatic carbocycles. The predicted octanol–water partition coefficient (Wildman–Crippen LogP) is 4.67. The molecule has 3 rings (SSSR count). The summed E-state index contributed by atoms with van der Waals surface area (Å²) in [5, 5.41) is 12.0. The van der Waals surface area contributed by atoms with Gasteiger partial charge in [-0.1, -0.05) is 24.3 Å². The minimum absolute atomic E-state index is 0.299. The van der Waals surface area contributed by atoms with Crippen molar-refractivity contribution in [1.82, 2.24) is 4.98 Å². The van der Waals surface area contributed by atoms with E-state index in [0.29, 0.717) is 16.8 Å². The van der Waals surface area contributed by atoms with E-state index in [4.69, 9.17) is 0 Å². The molecule has 0 saturated carbocycles. The van der Waals surface area contributed by atoms with E-state index >= 15 is 0 Å². The molecule has 5 heteroatoms. The van der Waals surface area contributed by atoms with E-state index in [-0.39, 0.29) is 5.91 Å². The van der Waals surface area contributed by atoms with Crippen molar-refractivity contribution in [3.05, 3.63) is 83.7 Å². The number of carbonyl (C=O) groups is 1. The van der Waals surface area contributed by atoms with Crippen LogP contribution in [0.25, 0.3) is 0 Å². The topological polar surface area (TPSA) is 69.0 Å². The SMILES string of the molecule is CCN(c1cccc(C)c1)c1cncc(C(=O)Nc2ccccc2C#N)c1. The van der Waals surface area contributed by atoms with Crippen LogP contribution in [0.1, 0.15) is 28.4 Å². The number of pyridine rings is 1. The van der Waals surface area contributed by atoms with Gasteiger partial charge in [-0.3, -0.25) is 9.78 Å². The van der Waals surface area contributed by atoms with Crippen molar-refractivity contribution in [1.29, 1.82) is 5.26 Å². The number of aryl methyl sites for hydroxylation is 1. The monoisotopic (exact) mass is 356 g/mol. The summed E-state index contributed by atoms with van der Waals surface area (Å²) >= 11 is 0. The molecule has 0 spiro atoms. The molecule has 0 bridgehead atoms. The lowest BCUT2D eigenvalue weighted by molar-refractivity contribution is 0.102. The summed E-state index contributed by atoms with van der Waals surface area (Å²) in [6.07, 6.45) is 3.27. The Morgan fingerprint density at radius 3 is 2.67 bits per heavy atom. The molecule has 1 heterocycles. The summed E-state index contributed by atoms with van der Waals surface area (Å²) in [6.45, 7) is 4.85. The Bertz CT molecular complexity index is 1010. The van der Waals surface area contributed by atoms with E-state index in [2.05, 4.69) is 34.3 Å². The van der Waals surface area contributed by atoms with E-state index in [1.165, 1.54) is 11.8 Å². The first-order chi connectivity index (χ1) is 13.1. The second-order valence-corrected chi connectivity index (χ2v) is 6.13. The quantitative estimate of drug-likeness (QED) is 0.721. The molecule has 0 saturated heterocycles. The van der Waals surface area contributed by atoms with Gasteiger partial charge in [-0.2, -0.15) is 5.26 Å². The first kappa shape index (κ1) is 18.2. The molecule has 1 N–H and O–H groups in total. The number of para-hydroxylation sites is 1. The minimum atomic E-state index is -0.299. The van der Waals surface area contributed by atoms with Crippen molar-refractivity contribution in [2.45, 2.75) is 13.8 Å². The number of amides is 1. The Balaban J connectivity index is 1.88. The van der Waals surface area contributed by atoms with Crippen molar-refractivity contribution in [3.8, 4) is 6.07 Å². The van der Waals surface area contributed by atoms with Crippen LogP contribution in [0.15, 0.2) is 67.0 Å². The third-order valence-electron chi connectivity index (χ3n) is 4.22. The maximum absolute atomic E-state index is 12.7. The summed E-state index contributed by atoms with van der Waals surface area (Å²) in [5.74, 6) is -0.299. The van der Waals surface area contributed by atoms with Gasteiger partial charge in [0.15, 0.2) is 0 Å². The molecule has 1 amide bonds. The number of benzene rings is 2. The van der Waals surface area contributed by atoms with Crippen LogP contribution < -0.4 is 10.2 Å². The van der Waals surface area contributed by atoms with Crippen LogP contribution in [0.4, 0.5) is 17.1 Å². The lowest BCUT2D eigenvalue weighted by Crippen LogP contribution is -2.18. The highest BCUT2D eigenvalue weighted by Crippen LogP contribution is 2.26. The summed E-state index contributed by atoms with van der Waals surface area (Å²) in [6, 6.07) is 19.0. The Morgan fingerprint density at radius 1 is 1.11 bits per heavy atom. The first-order valence-corrected chi connectivity index (χ1v) is 8.72. The van der Waals surface area contributed by atoms with Crippen molar-refractivity contribution >= 4 is 23.0 Å². The zero-order valence-corrected chi connectivity index (χ0v) is 15.3. The van der Waals surface area contributed by atoms with Gasteiger partial charge >= 0.3 is 0 Å². The van der Waals surface area contributed by atoms with E-state index in [1.54, 1.807) is 30.5 Å². The fraction of sp³-hybridized carbons (Fsp3) is 0.136. The summed E-state index contributed by atoms with van der Waals surface area (Å²) < 4.78 is 0. The Labute approximate surface area is 158 Å². The average Bonchev–Trinajstić information content (AvgIpc) is 2.69. The molecule has 3 aromatic rings. The van der Waals surface area contributed by atoms with Gasteiger partial charge in [0.25, 0.3) is 5.91 Å². The molecule has 1 aromatic heterocycles. The van der Waals surface area contributed by atoms with Crippen LogP contribution in [-0.2, 0) is 0 Å².